The van der Waals surface area contributed by atoms with Gasteiger partial charge in [-0.1, -0.05) is 0 Å². The van der Waals surface area contributed by atoms with Crippen molar-refractivity contribution in [1.82, 2.24) is 15.0 Å². The highest BCUT2D eigenvalue weighted by molar-refractivity contribution is 5.39. The lowest BCUT2D eigenvalue weighted by atomic mass is 10.4. The molecule has 17 heavy (non-hydrogen) atoms. The van der Waals surface area contributed by atoms with Gasteiger partial charge in [-0.15, -0.1) is 0 Å². The molecule has 0 aromatic carbocycles. The number of nitrogens with one attached hydrogen (secondary N) is 2. The van der Waals surface area contributed by atoms with Crippen molar-refractivity contribution in [1.29, 1.82) is 0 Å². The molecule has 0 atom stereocenters. The molecule has 0 aliphatic carbocycles. The molecule has 0 spiro atoms. The molecule has 0 aliphatic rings. The second kappa shape index (κ2) is 7.58. The van der Waals surface area contributed by atoms with Gasteiger partial charge in [-0.25, -0.2) is 0 Å². The Kier molecular flexibility index (Phi) is 5.97. The lowest BCUT2D eigenvalue weighted by Gasteiger charge is -2.07. The van der Waals surface area contributed by atoms with Crippen LogP contribution in [0.1, 0.15) is 12.8 Å². The molecule has 0 bridgehead atoms. The van der Waals surface area contributed by atoms with Gasteiger partial charge in [0.15, 0.2) is 0 Å². The Hall–Kier alpha value is -1.67. The summed E-state index contributed by atoms with van der Waals surface area (Å²) in [4.78, 5) is 11.9. The molecule has 8 nitrogen and oxygen atoms in total. The van der Waals surface area contributed by atoms with Gasteiger partial charge in [0.1, 0.15) is 0 Å². The summed E-state index contributed by atoms with van der Waals surface area (Å²) in [6, 6.07) is 0. The quantitative estimate of drug-likeness (QED) is 0.369. The topological polar surface area (TPSA) is 129 Å². The summed E-state index contributed by atoms with van der Waals surface area (Å²) in [5.74, 6) is 0.868. The number of nitrogens with two attached hydrogens (primary N) is 1. The van der Waals surface area contributed by atoms with Crippen LogP contribution in [0.15, 0.2) is 0 Å². The lowest BCUT2D eigenvalue weighted by Crippen LogP contribution is -2.13. The van der Waals surface area contributed by atoms with Crippen LogP contribution in [-0.2, 0) is 0 Å². The fourth-order valence-electron chi connectivity index (χ4n) is 1.11. The Bertz CT molecular complexity index is 307. The molecule has 0 fully saturated rings. The average Bonchev–Trinajstić information content (AvgIpc) is 2.29. The minimum atomic E-state index is 0.106. The molecule has 0 saturated carbocycles. The standard InChI is InChI=1S/C9H18N6O2/c10-7-13-8(11-3-1-5-16)15-9(14-7)12-4-2-6-17/h16-17H,1-6H2,(H4,10,11,12,13,14,15). The van der Waals surface area contributed by atoms with E-state index in [2.05, 4.69) is 25.6 Å². The highest BCUT2D eigenvalue weighted by Crippen LogP contribution is 2.06. The smallest absolute Gasteiger partial charge is 0.229 e. The Morgan fingerprint density at radius 2 is 1.35 bits per heavy atom. The second-order valence-corrected chi connectivity index (χ2v) is 3.35. The van der Waals surface area contributed by atoms with Crippen molar-refractivity contribution >= 4 is 17.8 Å². The second-order valence-electron chi connectivity index (χ2n) is 3.35. The van der Waals surface area contributed by atoms with Crippen LogP contribution in [0.25, 0.3) is 0 Å². The molecule has 1 heterocycles. The number of aromatic nitrogens is 3. The summed E-state index contributed by atoms with van der Waals surface area (Å²) in [6.07, 6.45) is 1.22. The van der Waals surface area contributed by atoms with Gasteiger partial charge in [0.2, 0.25) is 17.8 Å². The Balaban J connectivity index is 2.53. The molecule has 0 amide bonds. The van der Waals surface area contributed by atoms with Gasteiger partial charge in [-0.05, 0) is 12.8 Å². The summed E-state index contributed by atoms with van der Waals surface area (Å²) < 4.78 is 0. The number of hydrogen-bond donors (Lipinski definition) is 5. The van der Waals surface area contributed by atoms with Crippen LogP contribution in [0.2, 0.25) is 0 Å². The average molecular weight is 242 g/mol. The van der Waals surface area contributed by atoms with Gasteiger partial charge in [0.05, 0.1) is 0 Å². The molecule has 0 radical (unpaired) electrons. The first-order valence-corrected chi connectivity index (χ1v) is 5.47. The zero-order valence-electron chi connectivity index (χ0n) is 9.56. The number of rotatable bonds is 8. The van der Waals surface area contributed by atoms with Crippen molar-refractivity contribution in [2.45, 2.75) is 12.8 Å². The summed E-state index contributed by atoms with van der Waals surface area (Å²) in [5.41, 5.74) is 5.53. The van der Waals surface area contributed by atoms with Crippen molar-refractivity contribution in [3.05, 3.63) is 0 Å². The van der Waals surface area contributed by atoms with E-state index in [0.29, 0.717) is 37.8 Å². The minimum Gasteiger partial charge on any atom is -0.396 e. The van der Waals surface area contributed by atoms with Crippen LogP contribution >= 0.6 is 0 Å². The summed E-state index contributed by atoms with van der Waals surface area (Å²) in [5, 5.41) is 23.1. The third-order valence-corrected chi connectivity index (χ3v) is 1.89. The SMILES string of the molecule is Nc1nc(NCCCO)nc(NCCCO)n1. The third kappa shape index (κ3) is 5.27. The van der Waals surface area contributed by atoms with Gasteiger partial charge >= 0.3 is 0 Å². The number of aliphatic hydroxyl groups excluding tert-OH is 2. The van der Waals surface area contributed by atoms with E-state index >= 15 is 0 Å². The maximum atomic E-state index is 8.64. The summed E-state index contributed by atoms with van der Waals surface area (Å²) in [6.45, 7) is 1.34. The number of nitrogens with zero attached hydrogens (tertiary/aromatic N) is 3. The third-order valence-electron chi connectivity index (χ3n) is 1.89. The van der Waals surface area contributed by atoms with Crippen molar-refractivity contribution in [3.63, 3.8) is 0 Å². The summed E-state index contributed by atoms with van der Waals surface area (Å²) in [7, 11) is 0. The molecule has 0 unspecified atom stereocenters. The maximum Gasteiger partial charge on any atom is 0.229 e. The number of aliphatic hydroxyl groups is 2. The fourth-order valence-corrected chi connectivity index (χ4v) is 1.11. The van der Waals surface area contributed by atoms with E-state index in [1.165, 1.54) is 0 Å². The molecule has 8 heteroatoms. The first-order valence-electron chi connectivity index (χ1n) is 5.47. The Morgan fingerprint density at radius 3 is 1.76 bits per heavy atom. The van der Waals surface area contributed by atoms with Crippen LogP contribution in [0.3, 0.4) is 0 Å². The van der Waals surface area contributed by atoms with Gasteiger partial charge < -0.3 is 26.6 Å². The number of anilines is 3. The predicted octanol–water partition coefficient (Wildman–Crippen LogP) is -0.958. The van der Waals surface area contributed by atoms with E-state index in [4.69, 9.17) is 15.9 Å². The Labute approximate surface area is 99.3 Å². The molecule has 6 N–H and O–H groups in total. The van der Waals surface area contributed by atoms with Crippen molar-refractivity contribution in [2.24, 2.45) is 0 Å². The molecular weight excluding hydrogens is 224 g/mol. The largest absolute Gasteiger partial charge is 0.396 e. The highest BCUT2D eigenvalue weighted by Gasteiger charge is 2.03. The summed E-state index contributed by atoms with van der Waals surface area (Å²) >= 11 is 0. The molecule has 1 rings (SSSR count). The zero-order chi connectivity index (χ0) is 12.5. The van der Waals surface area contributed by atoms with Crippen LogP contribution in [-0.4, -0.2) is 51.5 Å². The monoisotopic (exact) mass is 242 g/mol. The molecule has 0 saturated heterocycles. The molecular formula is C9H18N6O2. The van der Waals surface area contributed by atoms with Crippen LogP contribution in [0.5, 0.6) is 0 Å². The van der Waals surface area contributed by atoms with E-state index in [-0.39, 0.29) is 19.2 Å². The zero-order valence-corrected chi connectivity index (χ0v) is 9.56. The Morgan fingerprint density at radius 1 is 0.882 bits per heavy atom. The van der Waals surface area contributed by atoms with E-state index in [0.717, 1.165) is 0 Å². The minimum absolute atomic E-state index is 0.106. The van der Waals surface area contributed by atoms with Crippen LogP contribution in [0.4, 0.5) is 17.8 Å². The van der Waals surface area contributed by atoms with Crippen molar-refractivity contribution < 1.29 is 10.2 Å². The highest BCUT2D eigenvalue weighted by atomic mass is 16.3. The molecule has 0 aliphatic heterocycles. The first-order chi connectivity index (χ1) is 8.26. The maximum absolute atomic E-state index is 8.64. The van der Waals surface area contributed by atoms with E-state index < -0.39 is 0 Å². The molecule has 1 aromatic heterocycles. The van der Waals surface area contributed by atoms with Gasteiger partial charge in [0.25, 0.3) is 0 Å². The number of nitrogen functional groups attached to an aromatic ring is 1. The van der Waals surface area contributed by atoms with Crippen LogP contribution in [0, 0.1) is 0 Å². The lowest BCUT2D eigenvalue weighted by molar-refractivity contribution is 0.292. The van der Waals surface area contributed by atoms with Gasteiger partial charge in [-0.2, -0.15) is 15.0 Å². The van der Waals surface area contributed by atoms with Crippen molar-refractivity contribution in [2.75, 3.05) is 42.7 Å². The predicted molar refractivity (Wildman–Crippen MR) is 64.6 cm³/mol. The van der Waals surface area contributed by atoms with E-state index in [1.807, 2.05) is 0 Å². The van der Waals surface area contributed by atoms with Gasteiger partial charge in [0, 0.05) is 26.3 Å². The van der Waals surface area contributed by atoms with E-state index in [9.17, 15) is 0 Å². The van der Waals surface area contributed by atoms with Gasteiger partial charge in [-0.3, -0.25) is 0 Å². The van der Waals surface area contributed by atoms with Crippen molar-refractivity contribution in [3.8, 4) is 0 Å². The molecule has 1 aromatic rings. The molecule has 96 valence electrons. The number of hydrogen-bond acceptors (Lipinski definition) is 8. The first kappa shape index (κ1) is 13.4. The van der Waals surface area contributed by atoms with E-state index in [1.54, 1.807) is 0 Å². The normalized spacial score (nSPS) is 10.2. The van der Waals surface area contributed by atoms with Crippen LogP contribution < -0.4 is 16.4 Å². The fraction of sp³-hybridized carbons (Fsp3) is 0.667.